The predicted molar refractivity (Wildman–Crippen MR) is 78.1 cm³/mol. The third kappa shape index (κ3) is 3.19. The van der Waals surface area contributed by atoms with E-state index in [1.165, 1.54) is 11.0 Å². The Morgan fingerprint density at radius 1 is 1.38 bits per heavy atom. The Bertz CT molecular complexity index is 643. The first-order chi connectivity index (χ1) is 11.2. The molecule has 1 saturated carbocycles. The van der Waals surface area contributed by atoms with Crippen LogP contribution >= 0.6 is 0 Å². The van der Waals surface area contributed by atoms with Crippen molar-refractivity contribution in [1.82, 2.24) is 10.2 Å². The van der Waals surface area contributed by atoms with Gasteiger partial charge in [0.15, 0.2) is 0 Å². The molecule has 24 heavy (non-hydrogen) atoms. The van der Waals surface area contributed by atoms with E-state index in [-0.39, 0.29) is 6.04 Å². The highest BCUT2D eigenvalue weighted by molar-refractivity contribution is 5.65. The lowest BCUT2D eigenvalue weighted by atomic mass is 10.0. The lowest BCUT2D eigenvalue weighted by Crippen LogP contribution is -2.44. The number of carboxylic acid groups (broad SMARTS) is 1. The van der Waals surface area contributed by atoms with Crippen LogP contribution in [0, 0.1) is 5.82 Å². The molecule has 1 aliphatic heterocycles. The fourth-order valence-corrected chi connectivity index (χ4v) is 3.35. The summed E-state index contributed by atoms with van der Waals surface area (Å²) in [7, 11) is 0. The molecule has 2 fully saturated rings. The lowest BCUT2D eigenvalue weighted by molar-refractivity contribution is -0.140. The van der Waals surface area contributed by atoms with Crippen molar-refractivity contribution in [3.8, 4) is 0 Å². The standard InChI is InChI=1S/C16H18F4N2O2/c17-13-4-3-10(8-12(13)16(18,19)20)15(5-6-15)21-9-11-2-1-7-22(11)14(23)24/h3-4,8,11,21H,1-2,5-7,9H2,(H,23,24). The number of likely N-dealkylation sites (tertiary alicyclic amines) is 1. The molecule has 0 spiro atoms. The van der Waals surface area contributed by atoms with Gasteiger partial charge in [0.05, 0.1) is 5.56 Å². The zero-order chi connectivity index (χ0) is 17.5. The van der Waals surface area contributed by atoms with Gasteiger partial charge in [0, 0.05) is 24.7 Å². The molecular weight excluding hydrogens is 328 g/mol. The first kappa shape index (κ1) is 17.0. The van der Waals surface area contributed by atoms with Gasteiger partial charge >= 0.3 is 12.3 Å². The molecule has 1 unspecified atom stereocenters. The second-order valence-electron chi connectivity index (χ2n) is 6.43. The Balaban J connectivity index is 1.74. The number of alkyl halides is 3. The summed E-state index contributed by atoms with van der Waals surface area (Å²) < 4.78 is 52.1. The van der Waals surface area contributed by atoms with Gasteiger partial charge in [-0.2, -0.15) is 13.2 Å². The highest BCUT2D eigenvalue weighted by Crippen LogP contribution is 2.47. The van der Waals surface area contributed by atoms with Crippen LogP contribution in [0.15, 0.2) is 18.2 Å². The van der Waals surface area contributed by atoms with Crippen LogP contribution in [0.1, 0.15) is 36.8 Å². The van der Waals surface area contributed by atoms with E-state index in [2.05, 4.69) is 5.32 Å². The summed E-state index contributed by atoms with van der Waals surface area (Å²) in [6, 6.07) is 2.90. The monoisotopic (exact) mass is 346 g/mol. The average Bonchev–Trinajstić information content (AvgIpc) is 3.13. The molecule has 2 N–H and O–H groups in total. The minimum Gasteiger partial charge on any atom is -0.465 e. The fraction of sp³-hybridized carbons (Fsp3) is 0.562. The molecule has 8 heteroatoms. The van der Waals surface area contributed by atoms with Crippen molar-refractivity contribution in [2.24, 2.45) is 0 Å². The summed E-state index contributed by atoms with van der Waals surface area (Å²) in [5.41, 5.74) is -1.47. The third-order valence-electron chi connectivity index (χ3n) is 4.87. The highest BCUT2D eigenvalue weighted by Gasteiger charge is 2.46. The van der Waals surface area contributed by atoms with Crippen LogP contribution < -0.4 is 5.32 Å². The van der Waals surface area contributed by atoms with Crippen LogP contribution in [-0.4, -0.2) is 35.2 Å². The number of nitrogens with one attached hydrogen (secondary N) is 1. The van der Waals surface area contributed by atoms with Crippen LogP contribution in [0.3, 0.4) is 0 Å². The molecule has 1 heterocycles. The summed E-state index contributed by atoms with van der Waals surface area (Å²) in [4.78, 5) is 12.5. The van der Waals surface area contributed by atoms with Crippen LogP contribution in [0.4, 0.5) is 22.4 Å². The molecule has 0 bridgehead atoms. The number of carbonyl (C=O) groups is 1. The van der Waals surface area contributed by atoms with Gasteiger partial charge in [0.25, 0.3) is 0 Å². The zero-order valence-corrected chi connectivity index (χ0v) is 12.9. The molecule has 1 atom stereocenters. The van der Waals surface area contributed by atoms with Crippen molar-refractivity contribution < 1.29 is 27.5 Å². The van der Waals surface area contributed by atoms with E-state index in [1.54, 1.807) is 0 Å². The minimum absolute atomic E-state index is 0.178. The Kier molecular flexibility index (Phi) is 4.19. The number of hydrogen-bond donors (Lipinski definition) is 2. The fourth-order valence-electron chi connectivity index (χ4n) is 3.35. The van der Waals surface area contributed by atoms with Crippen molar-refractivity contribution in [3.63, 3.8) is 0 Å². The number of hydrogen-bond acceptors (Lipinski definition) is 2. The highest BCUT2D eigenvalue weighted by atomic mass is 19.4. The van der Waals surface area contributed by atoms with Gasteiger partial charge in [-0.05, 0) is 43.4 Å². The van der Waals surface area contributed by atoms with E-state index >= 15 is 0 Å². The largest absolute Gasteiger partial charge is 0.465 e. The van der Waals surface area contributed by atoms with Gasteiger partial charge in [0.1, 0.15) is 5.82 Å². The van der Waals surface area contributed by atoms with Gasteiger partial charge < -0.3 is 15.3 Å². The average molecular weight is 346 g/mol. The molecule has 132 valence electrons. The molecule has 1 saturated heterocycles. The molecule has 2 aliphatic rings. The molecule has 0 aromatic heterocycles. The molecule has 4 nitrogen and oxygen atoms in total. The Labute approximate surface area is 136 Å². The number of benzene rings is 1. The lowest BCUT2D eigenvalue weighted by Gasteiger charge is -2.26. The summed E-state index contributed by atoms with van der Waals surface area (Å²) in [6.45, 7) is 0.856. The normalized spacial score (nSPS) is 22.7. The van der Waals surface area contributed by atoms with E-state index in [1.807, 2.05) is 0 Å². The molecule has 1 aliphatic carbocycles. The Morgan fingerprint density at radius 2 is 2.08 bits per heavy atom. The summed E-state index contributed by atoms with van der Waals surface area (Å²) in [6.07, 6.45) is -2.91. The number of nitrogens with zero attached hydrogens (tertiary/aromatic N) is 1. The van der Waals surface area contributed by atoms with Crippen LogP contribution in [0.2, 0.25) is 0 Å². The molecule has 1 aromatic carbocycles. The number of rotatable bonds is 4. The van der Waals surface area contributed by atoms with Crippen molar-refractivity contribution >= 4 is 6.09 Å². The van der Waals surface area contributed by atoms with E-state index in [0.29, 0.717) is 31.5 Å². The van der Waals surface area contributed by atoms with Crippen molar-refractivity contribution in [2.45, 2.75) is 43.4 Å². The van der Waals surface area contributed by atoms with E-state index in [9.17, 15) is 22.4 Å². The third-order valence-corrected chi connectivity index (χ3v) is 4.87. The second-order valence-corrected chi connectivity index (χ2v) is 6.43. The van der Waals surface area contributed by atoms with E-state index in [0.717, 1.165) is 25.0 Å². The van der Waals surface area contributed by atoms with E-state index < -0.39 is 29.2 Å². The molecule has 1 aromatic rings. The maximum atomic E-state index is 13.4. The first-order valence-corrected chi connectivity index (χ1v) is 7.85. The number of halogens is 4. The van der Waals surface area contributed by atoms with E-state index in [4.69, 9.17) is 5.11 Å². The maximum absolute atomic E-state index is 13.4. The van der Waals surface area contributed by atoms with Crippen LogP contribution in [-0.2, 0) is 11.7 Å². The zero-order valence-electron chi connectivity index (χ0n) is 12.9. The SMILES string of the molecule is O=C(O)N1CCCC1CNC1(c2ccc(F)c(C(F)(F)F)c2)CC1. The maximum Gasteiger partial charge on any atom is 0.419 e. The Morgan fingerprint density at radius 3 is 2.67 bits per heavy atom. The van der Waals surface area contributed by atoms with Gasteiger partial charge in [-0.15, -0.1) is 0 Å². The summed E-state index contributed by atoms with van der Waals surface area (Å²) in [5, 5.41) is 12.4. The molecule has 1 amide bonds. The van der Waals surface area contributed by atoms with Crippen molar-refractivity contribution in [3.05, 3.63) is 35.1 Å². The van der Waals surface area contributed by atoms with Crippen molar-refractivity contribution in [2.75, 3.05) is 13.1 Å². The van der Waals surface area contributed by atoms with Crippen molar-refractivity contribution in [1.29, 1.82) is 0 Å². The van der Waals surface area contributed by atoms with Crippen LogP contribution in [0.25, 0.3) is 0 Å². The van der Waals surface area contributed by atoms with Gasteiger partial charge in [0.2, 0.25) is 0 Å². The number of amides is 1. The molecule has 3 rings (SSSR count). The second kappa shape index (κ2) is 5.91. The predicted octanol–water partition coefficient (Wildman–Crippen LogP) is 3.57. The van der Waals surface area contributed by atoms with Gasteiger partial charge in [-0.1, -0.05) is 6.07 Å². The quantitative estimate of drug-likeness (QED) is 0.820. The topological polar surface area (TPSA) is 52.6 Å². The van der Waals surface area contributed by atoms with Crippen LogP contribution in [0.5, 0.6) is 0 Å². The first-order valence-electron chi connectivity index (χ1n) is 7.85. The molecular formula is C16H18F4N2O2. The Hall–Kier alpha value is -1.83. The summed E-state index contributed by atoms with van der Waals surface area (Å²) in [5.74, 6) is -1.28. The smallest absolute Gasteiger partial charge is 0.419 e. The minimum atomic E-state index is -4.73. The van der Waals surface area contributed by atoms with Gasteiger partial charge in [-0.3, -0.25) is 0 Å². The molecule has 0 radical (unpaired) electrons. The summed E-state index contributed by atoms with van der Waals surface area (Å²) >= 11 is 0. The van der Waals surface area contributed by atoms with Gasteiger partial charge in [-0.25, -0.2) is 9.18 Å².